The van der Waals surface area contributed by atoms with E-state index in [0.29, 0.717) is 0 Å². The largest absolute Gasteiger partial charge is 1.00 e. The van der Waals surface area contributed by atoms with E-state index < -0.39 is 11.9 Å². The fraction of sp³-hybridized carbons (Fsp3) is 0.571. The third kappa shape index (κ3) is 33.5. The van der Waals surface area contributed by atoms with Gasteiger partial charge in [-0.25, -0.2) is 0 Å². The van der Waals surface area contributed by atoms with Gasteiger partial charge in [-0.3, -0.25) is 9.59 Å². The van der Waals surface area contributed by atoms with Gasteiger partial charge in [0, 0.05) is 0 Å². The van der Waals surface area contributed by atoms with Crippen LogP contribution in [0.25, 0.3) is 0 Å². The molecule has 0 aromatic heterocycles. The number of hydrogen-bond acceptors (Lipinski definition) is 3. The van der Waals surface area contributed by atoms with Gasteiger partial charge >= 0.3 is 41.5 Å². The van der Waals surface area contributed by atoms with Crippen LogP contribution in [0, 0.1) is 6.92 Å². The molecular weight excluding hydrogens is 185 g/mol. The molecule has 0 saturated carbocycles. The normalized spacial score (nSPS) is 7.54. The number of aliphatic carboxylic acids is 2. The minimum absolute atomic E-state index is 0. The first-order chi connectivity index (χ1) is 5.54. The molecule has 0 heterocycles. The third-order valence-electron chi connectivity index (χ3n) is 0.803. The Morgan fingerprint density at radius 1 is 1.23 bits per heavy atom. The monoisotopic (exact) mass is 199 g/mol. The van der Waals surface area contributed by atoms with E-state index in [1.54, 1.807) is 0 Å². The average molecular weight is 199 g/mol. The molecular formula is C7H14NNaO4. The van der Waals surface area contributed by atoms with Crippen LogP contribution in [0.2, 0.25) is 0 Å². The molecule has 0 unspecified atom stereocenters. The molecule has 5 nitrogen and oxygen atoms in total. The second-order valence-corrected chi connectivity index (χ2v) is 1.89. The number of carboxylic acid groups (broad SMARTS) is 2. The van der Waals surface area contributed by atoms with Gasteiger partial charge in [0.05, 0.1) is 12.8 Å². The van der Waals surface area contributed by atoms with E-state index >= 15 is 0 Å². The van der Waals surface area contributed by atoms with E-state index in [9.17, 15) is 9.59 Å². The molecule has 72 valence electrons. The summed E-state index contributed by atoms with van der Waals surface area (Å²) in [5.74, 6) is -2.15. The molecule has 0 saturated heterocycles. The van der Waals surface area contributed by atoms with Crippen molar-refractivity contribution in [2.45, 2.75) is 12.8 Å². The van der Waals surface area contributed by atoms with Crippen LogP contribution >= 0.6 is 0 Å². The standard InChI is InChI=1S/C4H6O4.C3H8N.Na/c5-3(6)1-2-4(7)8;1-3-4-2;/h1-2H2,(H,5,6)(H,7,8);4H,1,3H2,2H3;/q;-1;+1. The van der Waals surface area contributed by atoms with Crippen molar-refractivity contribution in [1.82, 2.24) is 5.32 Å². The zero-order valence-corrected chi connectivity index (χ0v) is 10.0. The van der Waals surface area contributed by atoms with Crippen molar-refractivity contribution in [3.05, 3.63) is 6.92 Å². The Balaban J connectivity index is -0.000000173. The second kappa shape index (κ2) is 14.4. The summed E-state index contributed by atoms with van der Waals surface area (Å²) in [7, 11) is 1.87. The van der Waals surface area contributed by atoms with E-state index in [1.165, 1.54) is 0 Å². The van der Waals surface area contributed by atoms with Gasteiger partial charge in [-0.15, -0.1) is 6.54 Å². The minimum Gasteiger partial charge on any atom is -0.481 e. The van der Waals surface area contributed by atoms with Gasteiger partial charge in [0.15, 0.2) is 0 Å². The first-order valence-corrected chi connectivity index (χ1v) is 3.42. The molecule has 0 aromatic carbocycles. The third-order valence-corrected chi connectivity index (χ3v) is 0.803. The van der Waals surface area contributed by atoms with Crippen molar-refractivity contribution in [2.24, 2.45) is 0 Å². The molecule has 0 radical (unpaired) electrons. The minimum atomic E-state index is -1.08. The zero-order chi connectivity index (χ0) is 9.98. The van der Waals surface area contributed by atoms with Crippen molar-refractivity contribution < 1.29 is 49.4 Å². The van der Waals surface area contributed by atoms with Gasteiger partial charge in [0.1, 0.15) is 0 Å². The molecule has 0 bridgehead atoms. The molecule has 0 spiro atoms. The molecule has 13 heavy (non-hydrogen) atoms. The van der Waals surface area contributed by atoms with Crippen LogP contribution in [0.1, 0.15) is 12.8 Å². The fourth-order valence-corrected chi connectivity index (χ4v) is 0.214. The van der Waals surface area contributed by atoms with E-state index in [-0.39, 0.29) is 42.4 Å². The summed E-state index contributed by atoms with van der Waals surface area (Å²) in [6, 6.07) is 0. The summed E-state index contributed by atoms with van der Waals surface area (Å²) in [5, 5.41) is 18.6. The van der Waals surface area contributed by atoms with Crippen LogP contribution in [0.15, 0.2) is 0 Å². The van der Waals surface area contributed by atoms with Crippen molar-refractivity contribution in [3.63, 3.8) is 0 Å². The fourth-order valence-electron chi connectivity index (χ4n) is 0.214. The number of hydrogen-bond donors (Lipinski definition) is 3. The van der Waals surface area contributed by atoms with Gasteiger partial charge in [-0.2, -0.15) is 0 Å². The molecule has 0 amide bonds. The summed E-state index contributed by atoms with van der Waals surface area (Å²) in [4.78, 5) is 19.3. The van der Waals surface area contributed by atoms with Gasteiger partial charge in [-0.05, 0) is 7.05 Å². The molecule has 0 aliphatic heterocycles. The number of rotatable bonds is 4. The Morgan fingerprint density at radius 2 is 1.46 bits per heavy atom. The first-order valence-electron chi connectivity index (χ1n) is 3.42. The first kappa shape index (κ1) is 18.6. The van der Waals surface area contributed by atoms with E-state index in [4.69, 9.17) is 10.2 Å². The van der Waals surface area contributed by atoms with E-state index in [2.05, 4.69) is 12.2 Å². The molecule has 6 heteroatoms. The van der Waals surface area contributed by atoms with Gasteiger partial charge < -0.3 is 22.5 Å². The Kier molecular flexibility index (Phi) is 20.7. The molecule has 0 aliphatic carbocycles. The summed E-state index contributed by atoms with van der Waals surface area (Å²) >= 11 is 0. The Bertz CT molecular complexity index is 124. The van der Waals surface area contributed by atoms with Crippen LogP contribution in [0.5, 0.6) is 0 Å². The molecule has 3 N–H and O–H groups in total. The van der Waals surface area contributed by atoms with E-state index in [1.807, 2.05) is 7.05 Å². The van der Waals surface area contributed by atoms with Crippen molar-refractivity contribution in [1.29, 1.82) is 0 Å². The quantitative estimate of drug-likeness (QED) is 0.331. The smallest absolute Gasteiger partial charge is 0.481 e. The van der Waals surface area contributed by atoms with Crippen LogP contribution in [0.4, 0.5) is 0 Å². The maximum absolute atomic E-state index is 9.64. The van der Waals surface area contributed by atoms with Gasteiger partial charge in [0.2, 0.25) is 0 Å². The summed E-state index contributed by atoms with van der Waals surface area (Å²) in [5.41, 5.74) is 0. The number of carbonyl (C=O) groups is 2. The summed E-state index contributed by atoms with van der Waals surface area (Å²) < 4.78 is 0. The molecule has 0 fully saturated rings. The van der Waals surface area contributed by atoms with Crippen molar-refractivity contribution in [3.8, 4) is 0 Å². The van der Waals surface area contributed by atoms with Gasteiger partial charge in [0.25, 0.3) is 0 Å². The maximum atomic E-state index is 9.64. The van der Waals surface area contributed by atoms with E-state index in [0.717, 1.165) is 6.54 Å². The molecule has 0 atom stereocenters. The SMILES string of the molecule is O=C(O)CCC(=O)O.[CH2-]CNC.[Na+]. The van der Waals surface area contributed by atoms with Crippen molar-refractivity contribution in [2.75, 3.05) is 13.6 Å². The zero-order valence-electron chi connectivity index (χ0n) is 8.04. The Hall–Kier alpha value is -0.100. The second-order valence-electron chi connectivity index (χ2n) is 1.89. The number of nitrogens with one attached hydrogen (secondary N) is 1. The van der Waals surface area contributed by atoms with Crippen LogP contribution in [-0.2, 0) is 9.59 Å². The predicted octanol–water partition coefficient (Wildman–Crippen LogP) is -3.02. The van der Waals surface area contributed by atoms with Crippen LogP contribution in [0.3, 0.4) is 0 Å². The van der Waals surface area contributed by atoms with Crippen LogP contribution < -0.4 is 34.9 Å². The molecule has 0 aromatic rings. The summed E-state index contributed by atoms with van der Waals surface area (Å²) in [6.45, 7) is 4.31. The predicted molar refractivity (Wildman–Crippen MR) is 43.8 cm³/mol. The van der Waals surface area contributed by atoms with Crippen molar-refractivity contribution >= 4 is 11.9 Å². The Labute approximate surface area is 99.8 Å². The van der Waals surface area contributed by atoms with Gasteiger partial charge in [-0.1, -0.05) is 0 Å². The maximum Gasteiger partial charge on any atom is 1.00 e. The van der Waals surface area contributed by atoms with Crippen LogP contribution in [-0.4, -0.2) is 35.7 Å². The summed E-state index contributed by atoms with van der Waals surface area (Å²) in [6.07, 6.45) is -0.593. The Morgan fingerprint density at radius 3 is 1.54 bits per heavy atom. The topological polar surface area (TPSA) is 86.6 Å². The molecule has 0 aliphatic rings. The molecule has 0 rings (SSSR count). The number of carboxylic acids is 2. The average Bonchev–Trinajstić information content (AvgIpc) is 2.01.